The Balaban J connectivity index is 2.32. The average molecular weight is 207 g/mol. The fourth-order valence-corrected chi connectivity index (χ4v) is 1.53. The van der Waals surface area contributed by atoms with Crippen molar-refractivity contribution in [3.63, 3.8) is 0 Å². The maximum atomic E-state index is 5.82. The summed E-state index contributed by atoms with van der Waals surface area (Å²) in [6.45, 7) is 0. The van der Waals surface area contributed by atoms with Gasteiger partial charge in [0.1, 0.15) is 5.69 Å². The van der Waals surface area contributed by atoms with Crippen molar-refractivity contribution >= 4 is 11.4 Å². The molecule has 0 unspecified atom stereocenters. The van der Waals surface area contributed by atoms with E-state index < -0.39 is 0 Å². The van der Waals surface area contributed by atoms with Crippen molar-refractivity contribution in [2.75, 3.05) is 31.4 Å². The lowest BCUT2D eigenvalue weighted by Gasteiger charge is -2.20. The monoisotopic (exact) mass is 207 g/mol. The van der Waals surface area contributed by atoms with Gasteiger partial charge in [0.05, 0.1) is 24.2 Å². The molecule has 1 aromatic rings. The first-order chi connectivity index (χ1) is 7.22. The Morgan fingerprint density at radius 2 is 2.13 bits per heavy atom. The summed E-state index contributed by atoms with van der Waals surface area (Å²) >= 11 is 0. The van der Waals surface area contributed by atoms with E-state index in [1.807, 2.05) is 32.2 Å². The predicted octanol–water partition coefficient (Wildman–Crippen LogP) is 1.73. The lowest BCUT2D eigenvalue weighted by molar-refractivity contribution is 0.303. The van der Waals surface area contributed by atoms with E-state index in [1.165, 1.54) is 0 Å². The van der Waals surface area contributed by atoms with Crippen LogP contribution in [0.25, 0.3) is 0 Å². The minimum absolute atomic E-state index is 0.401. The number of hydrogen-bond acceptors (Lipinski definition) is 4. The van der Waals surface area contributed by atoms with Crippen molar-refractivity contribution in [2.24, 2.45) is 0 Å². The Labute approximate surface area is 90.3 Å². The molecule has 1 aliphatic rings. The van der Waals surface area contributed by atoms with E-state index in [-0.39, 0.29) is 0 Å². The lowest BCUT2D eigenvalue weighted by Crippen LogP contribution is -2.14. The molecule has 15 heavy (non-hydrogen) atoms. The molecule has 1 saturated carbocycles. The van der Waals surface area contributed by atoms with Crippen molar-refractivity contribution in [1.82, 2.24) is 4.98 Å². The summed E-state index contributed by atoms with van der Waals surface area (Å²) in [6.07, 6.45) is 6.33. The Morgan fingerprint density at radius 1 is 1.40 bits per heavy atom. The topological polar surface area (TPSA) is 37.4 Å². The van der Waals surface area contributed by atoms with Crippen LogP contribution in [0.4, 0.5) is 11.4 Å². The first kappa shape index (κ1) is 10.1. The van der Waals surface area contributed by atoms with Crippen LogP contribution in [0.5, 0.6) is 5.75 Å². The highest BCUT2D eigenvalue weighted by atomic mass is 16.5. The molecule has 4 heteroatoms. The predicted molar refractivity (Wildman–Crippen MR) is 61.8 cm³/mol. The molecule has 0 bridgehead atoms. The third kappa shape index (κ3) is 2.14. The zero-order valence-electron chi connectivity index (χ0n) is 9.45. The molecular formula is C11H17N3O. The van der Waals surface area contributed by atoms with E-state index in [4.69, 9.17) is 4.74 Å². The number of pyridine rings is 1. The van der Waals surface area contributed by atoms with Gasteiger partial charge in [-0.05, 0) is 12.8 Å². The number of nitrogens with zero attached hydrogens (tertiary/aromatic N) is 2. The number of nitrogens with one attached hydrogen (secondary N) is 1. The van der Waals surface area contributed by atoms with Gasteiger partial charge in [-0.15, -0.1) is 0 Å². The maximum Gasteiger partial charge on any atom is 0.163 e. The number of hydrogen-bond donors (Lipinski definition) is 1. The summed E-state index contributed by atoms with van der Waals surface area (Å²) in [5.74, 6) is 0.870. The molecule has 1 aromatic heterocycles. The second kappa shape index (κ2) is 3.96. The van der Waals surface area contributed by atoms with Crippen LogP contribution in [0.1, 0.15) is 12.8 Å². The smallest absolute Gasteiger partial charge is 0.163 e. The zero-order chi connectivity index (χ0) is 10.8. The normalized spacial score (nSPS) is 14.9. The summed E-state index contributed by atoms with van der Waals surface area (Å²) in [4.78, 5) is 6.21. The van der Waals surface area contributed by atoms with E-state index in [1.54, 1.807) is 6.20 Å². The molecule has 0 aromatic carbocycles. The van der Waals surface area contributed by atoms with E-state index in [9.17, 15) is 0 Å². The van der Waals surface area contributed by atoms with Crippen molar-refractivity contribution in [3.05, 3.63) is 12.4 Å². The molecule has 0 saturated heterocycles. The van der Waals surface area contributed by atoms with Crippen LogP contribution in [0.15, 0.2) is 12.4 Å². The van der Waals surface area contributed by atoms with Gasteiger partial charge in [0.15, 0.2) is 5.75 Å². The highest BCUT2D eigenvalue weighted by Gasteiger charge is 2.25. The molecule has 1 heterocycles. The molecule has 0 radical (unpaired) electrons. The molecule has 1 aliphatic carbocycles. The van der Waals surface area contributed by atoms with Crippen LogP contribution < -0.4 is 15.0 Å². The quantitative estimate of drug-likeness (QED) is 0.816. The van der Waals surface area contributed by atoms with E-state index in [0.29, 0.717) is 6.10 Å². The summed E-state index contributed by atoms with van der Waals surface area (Å²) in [7, 11) is 5.91. The van der Waals surface area contributed by atoms with Gasteiger partial charge in [0.2, 0.25) is 0 Å². The number of rotatable bonds is 4. The van der Waals surface area contributed by atoms with Gasteiger partial charge in [0, 0.05) is 21.1 Å². The maximum absolute atomic E-state index is 5.82. The molecule has 0 atom stereocenters. The minimum Gasteiger partial charge on any atom is -0.487 e. The SMILES string of the molecule is CNc1cncc(OC2CC2)c1N(C)C. The van der Waals surface area contributed by atoms with Crippen LogP contribution in [-0.2, 0) is 0 Å². The minimum atomic E-state index is 0.401. The highest BCUT2D eigenvalue weighted by Crippen LogP contribution is 2.37. The summed E-state index contributed by atoms with van der Waals surface area (Å²) in [6, 6.07) is 0. The third-order valence-electron chi connectivity index (χ3n) is 2.42. The summed E-state index contributed by atoms with van der Waals surface area (Å²) in [5, 5.41) is 3.13. The zero-order valence-corrected chi connectivity index (χ0v) is 9.45. The second-order valence-corrected chi connectivity index (χ2v) is 4.00. The van der Waals surface area contributed by atoms with Gasteiger partial charge in [-0.2, -0.15) is 0 Å². The van der Waals surface area contributed by atoms with Crippen molar-refractivity contribution in [1.29, 1.82) is 0 Å². The molecule has 0 aliphatic heterocycles. The Kier molecular flexibility index (Phi) is 2.66. The number of anilines is 2. The van der Waals surface area contributed by atoms with Gasteiger partial charge in [-0.1, -0.05) is 0 Å². The third-order valence-corrected chi connectivity index (χ3v) is 2.42. The van der Waals surface area contributed by atoms with Gasteiger partial charge < -0.3 is 15.0 Å². The fourth-order valence-electron chi connectivity index (χ4n) is 1.53. The van der Waals surface area contributed by atoms with E-state index in [2.05, 4.69) is 10.3 Å². The molecular weight excluding hydrogens is 190 g/mol. The summed E-state index contributed by atoms with van der Waals surface area (Å²) < 4.78 is 5.82. The van der Waals surface area contributed by atoms with E-state index >= 15 is 0 Å². The van der Waals surface area contributed by atoms with Gasteiger partial charge in [-0.3, -0.25) is 4.98 Å². The van der Waals surface area contributed by atoms with Crippen LogP contribution in [0, 0.1) is 0 Å². The van der Waals surface area contributed by atoms with Crippen LogP contribution >= 0.6 is 0 Å². The van der Waals surface area contributed by atoms with Crippen molar-refractivity contribution in [3.8, 4) is 5.75 Å². The van der Waals surface area contributed by atoms with Gasteiger partial charge in [0.25, 0.3) is 0 Å². The number of ether oxygens (including phenoxy) is 1. The molecule has 0 spiro atoms. The largest absolute Gasteiger partial charge is 0.487 e. The first-order valence-corrected chi connectivity index (χ1v) is 5.22. The first-order valence-electron chi connectivity index (χ1n) is 5.22. The highest BCUT2D eigenvalue weighted by molar-refractivity contribution is 5.74. The molecule has 1 fully saturated rings. The molecule has 4 nitrogen and oxygen atoms in total. The van der Waals surface area contributed by atoms with Crippen molar-refractivity contribution in [2.45, 2.75) is 18.9 Å². The van der Waals surface area contributed by atoms with Gasteiger partial charge in [-0.25, -0.2) is 0 Å². The number of aromatic nitrogens is 1. The summed E-state index contributed by atoms with van der Waals surface area (Å²) in [5.41, 5.74) is 2.07. The van der Waals surface area contributed by atoms with Crippen molar-refractivity contribution < 1.29 is 4.74 Å². The second-order valence-electron chi connectivity index (χ2n) is 4.00. The Hall–Kier alpha value is -1.45. The molecule has 82 valence electrons. The van der Waals surface area contributed by atoms with Crippen LogP contribution in [0.2, 0.25) is 0 Å². The van der Waals surface area contributed by atoms with E-state index in [0.717, 1.165) is 30.0 Å². The van der Waals surface area contributed by atoms with Crippen LogP contribution in [0.3, 0.4) is 0 Å². The molecule has 2 rings (SSSR count). The standard InChI is InChI=1S/C11H17N3O/c1-12-9-6-13-7-10(11(9)14(2)3)15-8-4-5-8/h6-8,12H,4-5H2,1-3H3. The molecule has 0 amide bonds. The lowest BCUT2D eigenvalue weighted by atomic mass is 10.3. The Morgan fingerprint density at radius 3 is 2.67 bits per heavy atom. The molecule has 1 N–H and O–H groups in total. The van der Waals surface area contributed by atoms with Crippen LogP contribution in [-0.4, -0.2) is 32.2 Å². The average Bonchev–Trinajstić information content (AvgIpc) is 3.01. The fraction of sp³-hybridized carbons (Fsp3) is 0.545. The Bertz CT molecular complexity index is 348. The van der Waals surface area contributed by atoms with Gasteiger partial charge >= 0.3 is 0 Å².